The van der Waals surface area contributed by atoms with Crippen molar-refractivity contribution in [2.24, 2.45) is 0 Å². The zero-order chi connectivity index (χ0) is 17.9. The van der Waals surface area contributed by atoms with Gasteiger partial charge in [0, 0.05) is 4.91 Å². The zero-order valence-electron chi connectivity index (χ0n) is 12.5. The molecule has 0 aromatic carbocycles. The summed E-state index contributed by atoms with van der Waals surface area (Å²) in [5.74, 6) is 0.404. The third-order valence-corrected chi connectivity index (χ3v) is 4.01. The maximum absolute atomic E-state index is 13.9. The van der Waals surface area contributed by atoms with E-state index in [0.717, 1.165) is 11.8 Å². The summed E-state index contributed by atoms with van der Waals surface area (Å²) in [6.07, 6.45) is -11.6. The first-order chi connectivity index (χ1) is 9.70. The van der Waals surface area contributed by atoms with Crippen molar-refractivity contribution in [2.45, 2.75) is 45.7 Å². The minimum absolute atomic E-state index is 0.128. The van der Waals surface area contributed by atoms with E-state index in [0.29, 0.717) is 29.9 Å². The van der Waals surface area contributed by atoms with Gasteiger partial charge < -0.3 is 0 Å². The molecular weight excluding hydrogens is 333 g/mol. The molecule has 0 radical (unpaired) electrons. The fourth-order valence-electron chi connectivity index (χ4n) is 1.53. The first-order valence-corrected chi connectivity index (χ1v) is 7.19. The van der Waals surface area contributed by atoms with Crippen LogP contribution < -0.4 is 0 Å². The third kappa shape index (κ3) is 4.30. The van der Waals surface area contributed by atoms with Crippen molar-refractivity contribution in [1.29, 1.82) is 0 Å². The van der Waals surface area contributed by atoms with Crippen LogP contribution in [0.25, 0.3) is 0 Å². The van der Waals surface area contributed by atoms with Crippen molar-refractivity contribution in [1.82, 2.24) is 0 Å². The van der Waals surface area contributed by atoms with Crippen LogP contribution in [0.5, 0.6) is 0 Å². The summed E-state index contributed by atoms with van der Waals surface area (Å²) in [6, 6.07) is 0. The van der Waals surface area contributed by atoms with Gasteiger partial charge in [-0.3, -0.25) is 0 Å². The molecule has 0 atom stereocenters. The lowest BCUT2D eigenvalue weighted by Crippen LogP contribution is -2.54. The second kappa shape index (κ2) is 7.10. The molecule has 0 heterocycles. The highest BCUT2D eigenvalue weighted by molar-refractivity contribution is 8.03. The van der Waals surface area contributed by atoms with Crippen LogP contribution >= 0.6 is 11.8 Å². The Morgan fingerprint density at radius 2 is 1.36 bits per heavy atom. The summed E-state index contributed by atoms with van der Waals surface area (Å²) in [5.41, 5.74) is -5.94. The van der Waals surface area contributed by atoms with E-state index in [-0.39, 0.29) is 4.91 Å². The number of halogens is 7. The van der Waals surface area contributed by atoms with Crippen LogP contribution in [0.1, 0.15) is 27.7 Å². The summed E-state index contributed by atoms with van der Waals surface area (Å²) in [5, 5.41) is 0. The SMILES string of the molecule is C=C(C)C(C)=C(C=C(C)C(F)(C(F)(F)F)C(F)(F)F)SCC. The van der Waals surface area contributed by atoms with Gasteiger partial charge in [0.2, 0.25) is 0 Å². The molecule has 128 valence electrons. The van der Waals surface area contributed by atoms with Gasteiger partial charge in [0.15, 0.2) is 0 Å². The Labute approximate surface area is 129 Å². The van der Waals surface area contributed by atoms with Crippen LogP contribution in [-0.2, 0) is 0 Å². The fraction of sp³-hybridized carbons (Fsp3) is 0.571. The van der Waals surface area contributed by atoms with Crippen molar-refractivity contribution in [3.8, 4) is 0 Å². The van der Waals surface area contributed by atoms with E-state index in [1.54, 1.807) is 13.8 Å². The number of allylic oxidation sites excluding steroid dienone is 4. The monoisotopic (exact) mass is 350 g/mol. The standard InChI is InChI=1S/C14H17F7S/c1-6-22-11(10(5)8(2)3)7-9(4)12(15,13(16,17)18)14(19,20)21/h7H,2,6H2,1,3-5H3. The van der Waals surface area contributed by atoms with Crippen LogP contribution in [-0.4, -0.2) is 23.8 Å². The summed E-state index contributed by atoms with van der Waals surface area (Å²) in [6.45, 7) is 8.82. The molecule has 0 aliphatic rings. The Hall–Kier alpha value is -0.920. The van der Waals surface area contributed by atoms with E-state index in [4.69, 9.17) is 0 Å². The van der Waals surface area contributed by atoms with Crippen molar-refractivity contribution < 1.29 is 30.7 Å². The van der Waals surface area contributed by atoms with Crippen LogP contribution in [0.2, 0.25) is 0 Å². The minimum atomic E-state index is -6.09. The Balaban J connectivity index is 6.21. The molecule has 0 spiro atoms. The van der Waals surface area contributed by atoms with Gasteiger partial charge >= 0.3 is 18.0 Å². The van der Waals surface area contributed by atoms with Crippen molar-refractivity contribution in [2.75, 3.05) is 5.75 Å². The van der Waals surface area contributed by atoms with Crippen LogP contribution in [0, 0.1) is 0 Å². The highest BCUT2D eigenvalue weighted by atomic mass is 32.2. The molecule has 0 aliphatic carbocycles. The van der Waals surface area contributed by atoms with Crippen LogP contribution in [0.4, 0.5) is 30.7 Å². The molecule has 0 nitrogen and oxygen atoms in total. The Bertz CT molecular complexity index is 466. The quantitative estimate of drug-likeness (QED) is 0.410. The van der Waals surface area contributed by atoms with E-state index in [1.807, 2.05) is 0 Å². The molecule has 22 heavy (non-hydrogen) atoms. The highest BCUT2D eigenvalue weighted by Gasteiger charge is 2.73. The summed E-state index contributed by atoms with van der Waals surface area (Å²) in [7, 11) is 0. The lowest BCUT2D eigenvalue weighted by Gasteiger charge is -2.31. The molecule has 0 N–H and O–H groups in total. The number of thioether (sulfide) groups is 1. The predicted molar refractivity (Wildman–Crippen MR) is 75.4 cm³/mol. The third-order valence-electron chi connectivity index (χ3n) is 2.98. The molecule has 0 aromatic heterocycles. The average molecular weight is 350 g/mol. The number of hydrogen-bond donors (Lipinski definition) is 0. The molecular formula is C14H17F7S. The van der Waals surface area contributed by atoms with Gasteiger partial charge in [-0.25, -0.2) is 4.39 Å². The molecule has 0 aromatic rings. The Morgan fingerprint density at radius 3 is 1.64 bits per heavy atom. The van der Waals surface area contributed by atoms with E-state index < -0.39 is 23.6 Å². The van der Waals surface area contributed by atoms with E-state index in [2.05, 4.69) is 6.58 Å². The number of rotatable bonds is 5. The molecule has 0 unspecified atom stereocenters. The van der Waals surface area contributed by atoms with Crippen molar-refractivity contribution in [3.05, 3.63) is 34.3 Å². The minimum Gasteiger partial charge on any atom is -0.219 e. The van der Waals surface area contributed by atoms with E-state index in [9.17, 15) is 30.7 Å². The smallest absolute Gasteiger partial charge is 0.219 e. The van der Waals surface area contributed by atoms with Crippen LogP contribution in [0.3, 0.4) is 0 Å². The molecule has 0 saturated carbocycles. The van der Waals surface area contributed by atoms with E-state index >= 15 is 0 Å². The normalized spacial score (nSPS) is 15.7. The molecule has 0 fully saturated rings. The molecule has 0 bridgehead atoms. The fourth-order valence-corrected chi connectivity index (χ4v) is 2.49. The Kier molecular flexibility index (Phi) is 6.81. The largest absolute Gasteiger partial charge is 0.435 e. The summed E-state index contributed by atoms with van der Waals surface area (Å²) >= 11 is 1.02. The van der Waals surface area contributed by atoms with Gasteiger partial charge in [-0.1, -0.05) is 19.1 Å². The highest BCUT2D eigenvalue weighted by Crippen LogP contribution is 2.51. The summed E-state index contributed by atoms with van der Waals surface area (Å²) < 4.78 is 89.9. The molecule has 0 saturated heterocycles. The van der Waals surface area contributed by atoms with Crippen LogP contribution in [0.15, 0.2) is 34.3 Å². The molecule has 0 aliphatic heterocycles. The van der Waals surface area contributed by atoms with E-state index in [1.165, 1.54) is 6.92 Å². The number of alkyl halides is 7. The van der Waals surface area contributed by atoms with Crippen molar-refractivity contribution in [3.63, 3.8) is 0 Å². The summed E-state index contributed by atoms with van der Waals surface area (Å²) in [4.78, 5) is 0.128. The van der Waals surface area contributed by atoms with Gasteiger partial charge in [-0.15, -0.1) is 11.8 Å². The topological polar surface area (TPSA) is 0 Å². The zero-order valence-corrected chi connectivity index (χ0v) is 13.4. The van der Waals surface area contributed by atoms with Gasteiger partial charge in [0.25, 0.3) is 0 Å². The second-order valence-corrected chi connectivity index (χ2v) is 5.99. The molecule has 0 rings (SSSR count). The first kappa shape index (κ1) is 21.1. The molecule has 8 heteroatoms. The lowest BCUT2D eigenvalue weighted by molar-refractivity contribution is -0.326. The second-order valence-electron chi connectivity index (χ2n) is 4.68. The van der Waals surface area contributed by atoms with Gasteiger partial charge in [0.1, 0.15) is 0 Å². The maximum atomic E-state index is 13.9. The van der Waals surface area contributed by atoms with Gasteiger partial charge in [0.05, 0.1) is 0 Å². The maximum Gasteiger partial charge on any atom is 0.435 e. The average Bonchev–Trinajstić information content (AvgIpc) is 2.33. The number of hydrogen-bond acceptors (Lipinski definition) is 1. The first-order valence-electron chi connectivity index (χ1n) is 6.20. The Morgan fingerprint density at radius 1 is 0.955 bits per heavy atom. The lowest BCUT2D eigenvalue weighted by atomic mass is 9.94. The predicted octanol–water partition coefficient (Wildman–Crippen LogP) is 6.37. The molecule has 0 amide bonds. The van der Waals surface area contributed by atoms with Crippen molar-refractivity contribution >= 4 is 11.8 Å². The van der Waals surface area contributed by atoms with Gasteiger partial charge in [-0.05, 0) is 43.7 Å². The van der Waals surface area contributed by atoms with Gasteiger partial charge in [-0.2, -0.15) is 26.3 Å².